The van der Waals surface area contributed by atoms with Crippen LogP contribution in [0.2, 0.25) is 0 Å². The minimum atomic E-state index is -0.229. The summed E-state index contributed by atoms with van der Waals surface area (Å²) in [5, 5.41) is 6.23. The van der Waals surface area contributed by atoms with Gasteiger partial charge in [-0.05, 0) is 51.0 Å². The molecule has 1 aromatic carbocycles. The number of carbonyl (C=O) groups is 1. The topological polar surface area (TPSA) is 70.2 Å². The molecule has 0 unspecified atom stereocenters. The molecule has 0 bridgehead atoms. The second-order valence-corrected chi connectivity index (χ2v) is 6.48. The van der Waals surface area contributed by atoms with Crippen LogP contribution in [0.4, 0.5) is 11.5 Å². The molecule has 0 atom stereocenters. The van der Waals surface area contributed by atoms with Gasteiger partial charge in [-0.25, -0.2) is 9.97 Å². The minimum Gasteiger partial charge on any atom is -0.369 e. The zero-order chi connectivity index (χ0) is 18.9. The van der Waals surface area contributed by atoms with E-state index >= 15 is 0 Å². The van der Waals surface area contributed by atoms with Crippen molar-refractivity contribution in [2.45, 2.75) is 33.1 Å². The third-order valence-electron chi connectivity index (χ3n) is 4.21. The van der Waals surface area contributed by atoms with Crippen LogP contribution in [0.1, 0.15) is 41.9 Å². The van der Waals surface area contributed by atoms with Gasteiger partial charge in [0, 0.05) is 12.2 Å². The van der Waals surface area contributed by atoms with Gasteiger partial charge in [0.2, 0.25) is 0 Å². The molecule has 1 heterocycles. The first-order chi connectivity index (χ1) is 12.5. The Kier molecular flexibility index (Phi) is 7.53. The Bertz CT molecular complexity index is 690. The SMILES string of the molecule is CCc1cccc(CC)c1NC(=O)c1cnc(NCCCN(C)C)cn1. The number of amides is 1. The fraction of sp³-hybridized carbons (Fsp3) is 0.450. The smallest absolute Gasteiger partial charge is 0.275 e. The Labute approximate surface area is 156 Å². The molecule has 140 valence electrons. The van der Waals surface area contributed by atoms with Gasteiger partial charge < -0.3 is 15.5 Å². The highest BCUT2D eigenvalue weighted by Crippen LogP contribution is 2.23. The zero-order valence-electron chi connectivity index (χ0n) is 16.2. The Hall–Kier alpha value is -2.47. The first kappa shape index (κ1) is 19.8. The lowest BCUT2D eigenvalue weighted by atomic mass is 10.0. The van der Waals surface area contributed by atoms with Crippen LogP contribution in [0.15, 0.2) is 30.6 Å². The summed E-state index contributed by atoms with van der Waals surface area (Å²) in [6.07, 6.45) is 5.88. The van der Waals surface area contributed by atoms with Gasteiger partial charge in [-0.3, -0.25) is 4.79 Å². The van der Waals surface area contributed by atoms with Crippen molar-refractivity contribution in [1.29, 1.82) is 0 Å². The largest absolute Gasteiger partial charge is 0.369 e. The van der Waals surface area contributed by atoms with E-state index in [-0.39, 0.29) is 5.91 Å². The number of benzene rings is 1. The molecule has 1 aromatic heterocycles. The van der Waals surface area contributed by atoms with Crippen molar-refractivity contribution in [3.63, 3.8) is 0 Å². The number of para-hydroxylation sites is 1. The first-order valence-corrected chi connectivity index (χ1v) is 9.17. The van der Waals surface area contributed by atoms with E-state index in [4.69, 9.17) is 0 Å². The van der Waals surface area contributed by atoms with Crippen LogP contribution in [0.25, 0.3) is 0 Å². The number of nitrogens with one attached hydrogen (secondary N) is 2. The molecule has 0 radical (unpaired) electrons. The maximum absolute atomic E-state index is 12.6. The fourth-order valence-electron chi connectivity index (χ4n) is 2.73. The van der Waals surface area contributed by atoms with E-state index in [0.29, 0.717) is 11.5 Å². The predicted molar refractivity (Wildman–Crippen MR) is 107 cm³/mol. The van der Waals surface area contributed by atoms with Crippen molar-refractivity contribution in [3.05, 3.63) is 47.4 Å². The molecule has 2 rings (SSSR count). The molecular weight excluding hydrogens is 326 g/mol. The lowest BCUT2D eigenvalue weighted by molar-refractivity contribution is 0.102. The highest BCUT2D eigenvalue weighted by atomic mass is 16.1. The molecule has 2 N–H and O–H groups in total. The van der Waals surface area contributed by atoms with Crippen LogP contribution in [-0.4, -0.2) is 48.0 Å². The van der Waals surface area contributed by atoms with Crippen molar-refractivity contribution in [2.24, 2.45) is 0 Å². The molecule has 6 nitrogen and oxygen atoms in total. The van der Waals surface area contributed by atoms with Crippen LogP contribution in [0.5, 0.6) is 0 Å². The van der Waals surface area contributed by atoms with E-state index in [2.05, 4.69) is 39.3 Å². The summed E-state index contributed by atoms with van der Waals surface area (Å²) in [4.78, 5) is 23.2. The van der Waals surface area contributed by atoms with Crippen molar-refractivity contribution in [2.75, 3.05) is 37.8 Å². The summed E-state index contributed by atoms with van der Waals surface area (Å²) in [7, 11) is 4.10. The number of rotatable bonds is 9. The monoisotopic (exact) mass is 355 g/mol. The normalized spacial score (nSPS) is 10.8. The highest BCUT2D eigenvalue weighted by Gasteiger charge is 2.13. The number of aromatic nitrogens is 2. The van der Waals surface area contributed by atoms with Gasteiger partial charge in [0.1, 0.15) is 11.5 Å². The van der Waals surface area contributed by atoms with Gasteiger partial charge in [0.25, 0.3) is 5.91 Å². The van der Waals surface area contributed by atoms with E-state index in [1.165, 1.54) is 6.20 Å². The lowest BCUT2D eigenvalue weighted by Gasteiger charge is -2.14. The average molecular weight is 355 g/mol. The Morgan fingerprint density at radius 1 is 1.08 bits per heavy atom. The number of carbonyl (C=O) groups excluding carboxylic acids is 1. The summed E-state index contributed by atoms with van der Waals surface area (Å²) in [6.45, 7) is 6.00. The predicted octanol–water partition coefficient (Wildman–Crippen LogP) is 3.22. The van der Waals surface area contributed by atoms with Crippen LogP contribution < -0.4 is 10.6 Å². The maximum Gasteiger partial charge on any atom is 0.275 e. The summed E-state index contributed by atoms with van der Waals surface area (Å²) in [5.41, 5.74) is 3.47. The quantitative estimate of drug-likeness (QED) is 0.676. The van der Waals surface area contributed by atoms with Gasteiger partial charge in [0.05, 0.1) is 12.4 Å². The maximum atomic E-state index is 12.6. The number of nitrogens with zero attached hydrogens (tertiary/aromatic N) is 3. The molecular formula is C20H29N5O. The minimum absolute atomic E-state index is 0.229. The Morgan fingerprint density at radius 3 is 2.31 bits per heavy atom. The second kappa shape index (κ2) is 9.87. The van der Waals surface area contributed by atoms with Gasteiger partial charge in [-0.2, -0.15) is 0 Å². The van der Waals surface area contributed by atoms with E-state index < -0.39 is 0 Å². The average Bonchev–Trinajstić information content (AvgIpc) is 2.65. The third-order valence-corrected chi connectivity index (χ3v) is 4.21. The second-order valence-electron chi connectivity index (χ2n) is 6.48. The van der Waals surface area contributed by atoms with Crippen molar-refractivity contribution in [1.82, 2.24) is 14.9 Å². The standard InChI is InChI=1S/C20H29N5O/c1-5-15-9-7-10-16(6-2)19(15)24-20(26)17-13-23-18(14-22-17)21-11-8-12-25(3)4/h7,9-10,13-14H,5-6,8,11-12H2,1-4H3,(H,21,23)(H,24,26). The van der Waals surface area contributed by atoms with Crippen LogP contribution in [0, 0.1) is 0 Å². The number of hydrogen-bond acceptors (Lipinski definition) is 5. The molecule has 0 spiro atoms. The number of hydrogen-bond donors (Lipinski definition) is 2. The zero-order valence-corrected chi connectivity index (χ0v) is 16.2. The van der Waals surface area contributed by atoms with Crippen LogP contribution >= 0.6 is 0 Å². The van der Waals surface area contributed by atoms with Gasteiger partial charge in [-0.1, -0.05) is 32.0 Å². The summed E-state index contributed by atoms with van der Waals surface area (Å²) >= 11 is 0. The number of aryl methyl sites for hydroxylation is 2. The van der Waals surface area contributed by atoms with Gasteiger partial charge >= 0.3 is 0 Å². The van der Waals surface area contributed by atoms with Gasteiger partial charge in [0.15, 0.2) is 0 Å². The third kappa shape index (κ3) is 5.52. The fourth-order valence-corrected chi connectivity index (χ4v) is 2.73. The van der Waals surface area contributed by atoms with Crippen molar-refractivity contribution < 1.29 is 4.79 Å². The van der Waals surface area contributed by atoms with Crippen LogP contribution in [0.3, 0.4) is 0 Å². The number of anilines is 2. The van der Waals surface area contributed by atoms with E-state index in [1.807, 2.05) is 32.3 Å². The highest BCUT2D eigenvalue weighted by molar-refractivity contribution is 6.03. The molecule has 0 aliphatic rings. The van der Waals surface area contributed by atoms with Crippen LogP contribution in [-0.2, 0) is 12.8 Å². The van der Waals surface area contributed by atoms with E-state index in [0.717, 1.165) is 49.2 Å². The molecule has 1 amide bonds. The molecule has 6 heteroatoms. The van der Waals surface area contributed by atoms with E-state index in [9.17, 15) is 4.79 Å². The Morgan fingerprint density at radius 2 is 1.77 bits per heavy atom. The molecule has 0 fully saturated rings. The molecule has 26 heavy (non-hydrogen) atoms. The molecule has 0 saturated carbocycles. The van der Waals surface area contributed by atoms with Gasteiger partial charge in [-0.15, -0.1) is 0 Å². The lowest BCUT2D eigenvalue weighted by Crippen LogP contribution is -2.18. The Balaban J connectivity index is 2.00. The summed E-state index contributed by atoms with van der Waals surface area (Å²) in [5.74, 6) is 0.454. The first-order valence-electron chi connectivity index (χ1n) is 9.17. The van der Waals surface area contributed by atoms with E-state index in [1.54, 1.807) is 6.20 Å². The molecule has 0 aliphatic heterocycles. The molecule has 2 aromatic rings. The summed E-state index contributed by atoms with van der Waals surface area (Å²) < 4.78 is 0. The molecule has 0 saturated heterocycles. The molecule has 0 aliphatic carbocycles. The van der Waals surface area contributed by atoms with Crippen molar-refractivity contribution >= 4 is 17.4 Å². The van der Waals surface area contributed by atoms with Crippen molar-refractivity contribution in [3.8, 4) is 0 Å². The summed E-state index contributed by atoms with van der Waals surface area (Å²) in [6, 6.07) is 6.12.